The Hall–Kier alpha value is -6.69. The number of benzene rings is 3. The Morgan fingerprint density at radius 3 is 2.13 bits per heavy atom. The number of H-pyrrole nitrogens is 2. The highest BCUT2D eigenvalue weighted by Gasteiger charge is 2.55. The summed E-state index contributed by atoms with van der Waals surface area (Å²) in [7, 11) is 2.56. The second kappa shape index (κ2) is 16.9. The molecule has 4 heterocycles. The Morgan fingerprint density at radius 2 is 1.44 bits per heavy atom. The second-order valence-corrected chi connectivity index (χ2v) is 18.1. The normalized spacial score (nSPS) is 21.7. The number of amides is 4. The van der Waals surface area contributed by atoms with Crippen LogP contribution in [0, 0.1) is 28.6 Å². The molecular weight excluding hydrogens is 799 g/mol. The predicted octanol–water partition coefficient (Wildman–Crippen LogP) is 7.80. The molecule has 15 nitrogen and oxygen atoms in total. The van der Waals surface area contributed by atoms with E-state index in [4.69, 9.17) is 19.4 Å². The smallest absolute Gasteiger partial charge is 0.407 e. The number of ether oxygens (including phenoxy) is 2. The highest BCUT2D eigenvalue weighted by atomic mass is 16.5. The Balaban J connectivity index is 0.890. The molecule has 5 aromatic rings. The van der Waals surface area contributed by atoms with E-state index in [1.807, 2.05) is 36.0 Å². The Morgan fingerprint density at radius 1 is 0.825 bits per heavy atom. The molecule has 6 atom stereocenters. The van der Waals surface area contributed by atoms with Gasteiger partial charge in [0.05, 0.1) is 56.2 Å². The molecule has 3 aromatic carbocycles. The third-order valence-electron chi connectivity index (χ3n) is 13.8. The quantitative estimate of drug-likeness (QED) is 0.0967. The van der Waals surface area contributed by atoms with Gasteiger partial charge < -0.3 is 39.9 Å². The standard InChI is InChI=1S/C48H53N9O6/c1-27(2)40(55-47(61)63-4)45(59)57-35-16-15-34(22-35)41(57)43-51-24-37(53-43)29-9-7-28(8-10-29)30-11-12-32-21-33(14-13-31(32)20-30)38-25-50-42(52-38)39-23-48(17-18-48)26-56(39)44(58)36(6-5-19-49)54-46(60)62-3/h7-14,20-21,24-25,27,34-36,39-41H,5-6,15-18,22-23,26H2,1-4H3,(H,50,52)(H,51,53)(H,54,60)(H,55,61). The van der Waals surface area contributed by atoms with Crippen molar-refractivity contribution in [3.63, 3.8) is 0 Å². The first-order valence-electron chi connectivity index (χ1n) is 21.9. The first kappa shape index (κ1) is 41.7. The number of nitrogens with one attached hydrogen (secondary N) is 4. The van der Waals surface area contributed by atoms with Crippen molar-refractivity contribution in [3.05, 3.63) is 84.7 Å². The molecule has 15 heteroatoms. The maximum atomic E-state index is 14.0. The van der Waals surface area contributed by atoms with Gasteiger partial charge in [-0.3, -0.25) is 9.59 Å². The lowest BCUT2D eigenvalue weighted by molar-refractivity contribution is -0.139. The van der Waals surface area contributed by atoms with Gasteiger partial charge in [-0.1, -0.05) is 62.4 Å². The molecule has 63 heavy (non-hydrogen) atoms. The van der Waals surface area contributed by atoms with E-state index in [-0.39, 0.29) is 54.1 Å². The SMILES string of the molecule is COC(=O)NC(CCC#N)C(=O)N1CC2(CC2)CC1c1ncc(-c2ccc3cc(-c4ccc(-c5cnc(C6C7CCC(C7)N6C(=O)C(NC(=O)OC)C(C)C)[nH]5)cc4)ccc3c2)[nH]1. The van der Waals surface area contributed by atoms with Crippen molar-refractivity contribution in [1.82, 2.24) is 40.4 Å². The molecule has 4 fully saturated rings. The lowest BCUT2D eigenvalue weighted by atomic mass is 9.95. The molecule has 4 N–H and O–H groups in total. The van der Waals surface area contributed by atoms with Crippen LogP contribution in [-0.2, 0) is 19.1 Å². The molecule has 2 aliphatic heterocycles. The molecule has 2 bridgehead atoms. The first-order valence-corrected chi connectivity index (χ1v) is 21.9. The molecule has 2 aromatic heterocycles. The Kier molecular flexibility index (Phi) is 11.2. The van der Waals surface area contributed by atoms with Crippen LogP contribution < -0.4 is 10.6 Å². The van der Waals surface area contributed by atoms with E-state index in [9.17, 15) is 24.4 Å². The number of rotatable bonds is 12. The van der Waals surface area contributed by atoms with Crippen molar-refractivity contribution in [2.75, 3.05) is 20.8 Å². The van der Waals surface area contributed by atoms with E-state index in [0.29, 0.717) is 18.3 Å². The van der Waals surface area contributed by atoms with Crippen molar-refractivity contribution in [2.45, 2.75) is 95.4 Å². The third kappa shape index (κ3) is 8.10. The third-order valence-corrected chi connectivity index (χ3v) is 13.8. The lowest BCUT2D eigenvalue weighted by Crippen LogP contribution is -2.54. The van der Waals surface area contributed by atoms with Crippen LogP contribution in [0.5, 0.6) is 0 Å². The molecule has 4 amide bonds. The lowest BCUT2D eigenvalue weighted by Gasteiger charge is -2.37. The number of carbonyl (C=O) groups is 4. The summed E-state index contributed by atoms with van der Waals surface area (Å²) in [5, 5.41) is 16.8. The zero-order valence-corrected chi connectivity index (χ0v) is 36.0. The van der Waals surface area contributed by atoms with Gasteiger partial charge in [0, 0.05) is 24.6 Å². The van der Waals surface area contributed by atoms with E-state index >= 15 is 0 Å². The summed E-state index contributed by atoms with van der Waals surface area (Å²) in [6, 6.07) is 21.3. The number of aromatic nitrogens is 4. The minimum atomic E-state index is -0.859. The fraction of sp³-hybridized carbons (Fsp3) is 0.438. The summed E-state index contributed by atoms with van der Waals surface area (Å²) in [5.74, 6) is 1.35. The van der Waals surface area contributed by atoms with Gasteiger partial charge in [-0.15, -0.1) is 0 Å². The molecule has 2 saturated carbocycles. The zero-order valence-electron chi connectivity index (χ0n) is 36.0. The summed E-state index contributed by atoms with van der Waals surface area (Å²) in [6.07, 6.45) is 8.46. The van der Waals surface area contributed by atoms with E-state index < -0.39 is 24.3 Å². The fourth-order valence-corrected chi connectivity index (χ4v) is 10.2. The summed E-state index contributed by atoms with van der Waals surface area (Å²) in [5.41, 5.74) is 5.92. The number of nitriles is 1. The molecule has 1 spiro atoms. The number of likely N-dealkylation sites (tertiary alicyclic amines) is 2. The minimum Gasteiger partial charge on any atom is -0.453 e. The van der Waals surface area contributed by atoms with Gasteiger partial charge in [0.15, 0.2) is 0 Å². The number of hydrogen-bond acceptors (Lipinski definition) is 9. The molecule has 2 aliphatic carbocycles. The molecule has 6 unspecified atom stereocenters. The van der Waals surface area contributed by atoms with Gasteiger partial charge in [-0.05, 0) is 102 Å². The molecule has 9 rings (SSSR count). The number of nitrogens with zero attached hydrogens (tertiary/aromatic N) is 5. The molecule has 326 valence electrons. The number of carbonyl (C=O) groups excluding carboxylic acids is 4. The van der Waals surface area contributed by atoms with E-state index in [1.165, 1.54) is 14.2 Å². The van der Waals surface area contributed by atoms with Gasteiger partial charge in [0.1, 0.15) is 23.7 Å². The van der Waals surface area contributed by atoms with Gasteiger partial charge >= 0.3 is 12.2 Å². The predicted molar refractivity (Wildman–Crippen MR) is 234 cm³/mol. The Labute approximate surface area is 365 Å². The Bertz CT molecular complexity index is 2590. The average molecular weight is 852 g/mol. The number of aromatic amines is 2. The van der Waals surface area contributed by atoms with E-state index in [2.05, 4.69) is 87.3 Å². The van der Waals surface area contributed by atoms with Crippen LogP contribution in [0.1, 0.15) is 88.9 Å². The number of hydrogen-bond donors (Lipinski definition) is 4. The van der Waals surface area contributed by atoms with Crippen molar-refractivity contribution in [1.29, 1.82) is 5.26 Å². The molecule has 4 aliphatic rings. The topological polar surface area (TPSA) is 198 Å². The summed E-state index contributed by atoms with van der Waals surface area (Å²) < 4.78 is 9.60. The van der Waals surface area contributed by atoms with E-state index in [1.54, 1.807) is 0 Å². The van der Waals surface area contributed by atoms with Gasteiger partial charge in [0.2, 0.25) is 11.8 Å². The molecule has 2 saturated heterocycles. The fourth-order valence-electron chi connectivity index (χ4n) is 10.2. The average Bonchev–Trinajstić information content (AvgIpc) is 3.94. The minimum absolute atomic E-state index is 0.0626. The van der Waals surface area contributed by atoms with Gasteiger partial charge in [0.25, 0.3) is 0 Å². The van der Waals surface area contributed by atoms with Crippen LogP contribution in [0.4, 0.5) is 9.59 Å². The number of piperidine rings is 1. The van der Waals surface area contributed by atoms with Crippen molar-refractivity contribution in [2.24, 2.45) is 17.3 Å². The largest absolute Gasteiger partial charge is 0.453 e. The molecule has 0 radical (unpaired) electrons. The highest BCUT2D eigenvalue weighted by molar-refractivity contribution is 5.91. The number of alkyl carbamates (subject to hydrolysis) is 2. The second-order valence-electron chi connectivity index (χ2n) is 18.1. The summed E-state index contributed by atoms with van der Waals surface area (Å²) >= 11 is 0. The number of fused-ring (bicyclic) bond motifs is 3. The van der Waals surface area contributed by atoms with Crippen LogP contribution in [0.3, 0.4) is 0 Å². The van der Waals surface area contributed by atoms with Crippen LogP contribution in [0.2, 0.25) is 0 Å². The monoisotopic (exact) mass is 851 g/mol. The maximum Gasteiger partial charge on any atom is 0.407 e. The van der Waals surface area contributed by atoms with Crippen molar-refractivity contribution in [3.8, 4) is 39.7 Å². The van der Waals surface area contributed by atoms with Crippen LogP contribution >= 0.6 is 0 Å². The summed E-state index contributed by atoms with van der Waals surface area (Å²) in [6.45, 7) is 4.44. The van der Waals surface area contributed by atoms with Crippen LogP contribution in [0.25, 0.3) is 44.4 Å². The number of imidazole rings is 2. The van der Waals surface area contributed by atoms with Crippen molar-refractivity contribution < 1.29 is 28.7 Å². The molecular formula is C48H53N9O6. The van der Waals surface area contributed by atoms with Gasteiger partial charge in [-0.25, -0.2) is 19.6 Å². The van der Waals surface area contributed by atoms with Crippen LogP contribution in [0.15, 0.2) is 73.1 Å². The summed E-state index contributed by atoms with van der Waals surface area (Å²) in [4.78, 5) is 72.5. The van der Waals surface area contributed by atoms with E-state index in [0.717, 1.165) is 88.8 Å². The maximum absolute atomic E-state index is 14.0. The van der Waals surface area contributed by atoms with Crippen molar-refractivity contribution >= 4 is 34.8 Å². The van der Waals surface area contributed by atoms with Crippen LogP contribution in [-0.4, -0.2) is 92.6 Å². The zero-order chi connectivity index (χ0) is 44.0. The first-order chi connectivity index (χ1) is 30.5. The highest BCUT2D eigenvalue weighted by Crippen LogP contribution is 2.58. The van der Waals surface area contributed by atoms with Gasteiger partial charge in [-0.2, -0.15) is 5.26 Å². The number of methoxy groups -OCH3 is 2.